The van der Waals surface area contributed by atoms with Crippen molar-refractivity contribution in [3.63, 3.8) is 0 Å². The fourth-order valence-corrected chi connectivity index (χ4v) is 7.17. The van der Waals surface area contributed by atoms with E-state index in [2.05, 4.69) is 21.8 Å². The summed E-state index contributed by atoms with van der Waals surface area (Å²) < 4.78 is 27.4. The maximum Gasteiger partial charge on any atom is 0.243 e. The second-order valence-corrected chi connectivity index (χ2v) is 11.0. The third-order valence-corrected chi connectivity index (χ3v) is 9.07. The lowest BCUT2D eigenvalue weighted by atomic mass is 9.89. The van der Waals surface area contributed by atoms with Crippen LogP contribution in [0, 0.1) is 5.92 Å². The van der Waals surface area contributed by atoms with Crippen LogP contribution in [0.1, 0.15) is 23.8 Å². The minimum atomic E-state index is -3.44. The van der Waals surface area contributed by atoms with E-state index < -0.39 is 10.0 Å². The largest absolute Gasteiger partial charge is 0.353 e. The summed E-state index contributed by atoms with van der Waals surface area (Å²) in [6.45, 7) is 4.52. The minimum Gasteiger partial charge on any atom is -0.353 e. The third kappa shape index (κ3) is 3.33. The summed E-state index contributed by atoms with van der Waals surface area (Å²) in [6, 6.07) is 8.69. The highest BCUT2D eigenvalue weighted by atomic mass is 32.2. The van der Waals surface area contributed by atoms with Crippen molar-refractivity contribution in [2.75, 3.05) is 31.1 Å². The molecule has 0 radical (unpaired) electrons. The predicted molar refractivity (Wildman–Crippen MR) is 116 cm³/mol. The number of sulfonamides is 1. The molecule has 1 unspecified atom stereocenters. The van der Waals surface area contributed by atoms with E-state index in [9.17, 15) is 8.42 Å². The van der Waals surface area contributed by atoms with Crippen LogP contribution in [0.3, 0.4) is 0 Å². The van der Waals surface area contributed by atoms with E-state index in [1.165, 1.54) is 22.2 Å². The molecular formula is C21H24N4O2S2. The Hall–Kier alpha value is -2.03. The Labute approximate surface area is 175 Å². The topological polar surface area (TPSA) is 66.4 Å². The Kier molecular flexibility index (Phi) is 4.80. The molecule has 0 bridgehead atoms. The zero-order valence-electron chi connectivity index (χ0n) is 16.4. The second-order valence-electron chi connectivity index (χ2n) is 7.93. The molecule has 0 saturated carbocycles. The maximum atomic E-state index is 12.9. The third-order valence-electron chi connectivity index (χ3n) is 5.99. The number of anilines is 1. The first-order chi connectivity index (χ1) is 14.0. The quantitative estimate of drug-likeness (QED) is 0.640. The minimum absolute atomic E-state index is 0.360. The zero-order chi connectivity index (χ0) is 20.0. The molecule has 6 nitrogen and oxygen atoms in total. The molecule has 1 aliphatic heterocycles. The number of benzene rings is 1. The van der Waals surface area contributed by atoms with Gasteiger partial charge in [0.15, 0.2) is 0 Å². The van der Waals surface area contributed by atoms with Crippen LogP contribution in [0.2, 0.25) is 0 Å². The summed E-state index contributed by atoms with van der Waals surface area (Å²) in [6.07, 6.45) is 5.06. The predicted octanol–water partition coefficient (Wildman–Crippen LogP) is 3.33. The number of thiophene rings is 1. The molecule has 1 saturated heterocycles. The Morgan fingerprint density at radius 3 is 2.59 bits per heavy atom. The van der Waals surface area contributed by atoms with Crippen LogP contribution in [0.15, 0.2) is 41.6 Å². The van der Waals surface area contributed by atoms with Crippen LogP contribution in [-0.2, 0) is 22.9 Å². The van der Waals surface area contributed by atoms with Crippen LogP contribution in [0.25, 0.3) is 10.2 Å². The molecule has 8 heteroatoms. The van der Waals surface area contributed by atoms with Crippen LogP contribution in [0.4, 0.5) is 5.82 Å². The fourth-order valence-electron chi connectivity index (χ4n) is 4.38. The number of rotatable bonds is 3. The molecular weight excluding hydrogens is 404 g/mol. The lowest BCUT2D eigenvalue weighted by Crippen LogP contribution is -2.49. The smallest absolute Gasteiger partial charge is 0.243 e. The first-order valence-corrected chi connectivity index (χ1v) is 12.3. The summed E-state index contributed by atoms with van der Waals surface area (Å²) in [7, 11) is -3.44. The molecule has 0 amide bonds. The van der Waals surface area contributed by atoms with Crippen molar-refractivity contribution in [3.8, 4) is 0 Å². The number of hydrogen-bond acceptors (Lipinski definition) is 6. The van der Waals surface area contributed by atoms with E-state index in [1.54, 1.807) is 46.2 Å². The molecule has 152 valence electrons. The van der Waals surface area contributed by atoms with Gasteiger partial charge in [0.25, 0.3) is 0 Å². The van der Waals surface area contributed by atoms with Crippen molar-refractivity contribution in [1.82, 2.24) is 14.3 Å². The molecule has 3 aromatic rings. The molecule has 3 heterocycles. The summed E-state index contributed by atoms with van der Waals surface area (Å²) >= 11 is 1.80. The van der Waals surface area contributed by atoms with E-state index in [-0.39, 0.29) is 0 Å². The van der Waals surface area contributed by atoms with Gasteiger partial charge in [0.1, 0.15) is 17.0 Å². The van der Waals surface area contributed by atoms with Crippen molar-refractivity contribution in [2.45, 2.75) is 31.1 Å². The summed E-state index contributed by atoms with van der Waals surface area (Å²) in [4.78, 5) is 14.3. The highest BCUT2D eigenvalue weighted by molar-refractivity contribution is 7.89. The van der Waals surface area contributed by atoms with Crippen LogP contribution in [0.5, 0.6) is 0 Å². The van der Waals surface area contributed by atoms with Crippen molar-refractivity contribution < 1.29 is 8.42 Å². The molecule has 5 rings (SSSR count). The second kappa shape index (κ2) is 7.34. The molecule has 1 atom stereocenters. The van der Waals surface area contributed by atoms with Crippen LogP contribution < -0.4 is 4.90 Å². The SMILES string of the molecule is CC1CCc2c(sc3ncnc(N4CCN(S(=O)(=O)c5ccccc5)CC4)c23)C1. The average molecular weight is 429 g/mol. The van der Waals surface area contributed by atoms with Gasteiger partial charge in [0.2, 0.25) is 10.0 Å². The normalized spacial score (nSPS) is 20.7. The standard InChI is InChI=1S/C21H24N4O2S2/c1-15-7-8-17-18(13-15)28-21-19(17)20(22-14-23-21)24-9-11-25(12-10-24)29(26,27)16-5-3-2-4-6-16/h2-6,14-15H,7-13H2,1H3. The number of fused-ring (bicyclic) bond motifs is 3. The number of hydrogen-bond donors (Lipinski definition) is 0. The van der Waals surface area contributed by atoms with Gasteiger partial charge in [-0.15, -0.1) is 11.3 Å². The van der Waals surface area contributed by atoms with Gasteiger partial charge in [0.05, 0.1) is 10.3 Å². The van der Waals surface area contributed by atoms with E-state index in [1.807, 2.05) is 6.07 Å². The van der Waals surface area contributed by atoms with Gasteiger partial charge < -0.3 is 4.90 Å². The molecule has 2 aliphatic rings. The van der Waals surface area contributed by atoms with Crippen molar-refractivity contribution >= 4 is 37.4 Å². The van der Waals surface area contributed by atoms with Gasteiger partial charge in [-0.2, -0.15) is 4.31 Å². The molecule has 1 aliphatic carbocycles. The fraction of sp³-hybridized carbons (Fsp3) is 0.429. The van der Waals surface area contributed by atoms with E-state index in [4.69, 9.17) is 0 Å². The van der Waals surface area contributed by atoms with Crippen molar-refractivity contribution in [2.24, 2.45) is 5.92 Å². The lowest BCUT2D eigenvalue weighted by Gasteiger charge is -2.35. The van der Waals surface area contributed by atoms with E-state index in [0.717, 1.165) is 29.4 Å². The van der Waals surface area contributed by atoms with Gasteiger partial charge in [-0.1, -0.05) is 25.1 Å². The molecule has 1 aromatic carbocycles. The number of aryl methyl sites for hydroxylation is 1. The Balaban J connectivity index is 1.41. The first-order valence-electron chi connectivity index (χ1n) is 10.1. The Morgan fingerprint density at radius 2 is 1.83 bits per heavy atom. The molecule has 1 fully saturated rings. The highest BCUT2D eigenvalue weighted by Gasteiger charge is 2.31. The Morgan fingerprint density at radius 1 is 1.07 bits per heavy atom. The maximum absolute atomic E-state index is 12.9. The van der Waals surface area contributed by atoms with Gasteiger partial charge in [-0.05, 0) is 42.9 Å². The zero-order valence-corrected chi connectivity index (χ0v) is 18.0. The van der Waals surface area contributed by atoms with E-state index in [0.29, 0.717) is 31.1 Å². The number of nitrogens with zero attached hydrogens (tertiary/aromatic N) is 4. The number of piperazine rings is 1. The van der Waals surface area contributed by atoms with Crippen LogP contribution >= 0.6 is 11.3 Å². The van der Waals surface area contributed by atoms with Gasteiger partial charge in [0, 0.05) is 31.1 Å². The lowest BCUT2D eigenvalue weighted by molar-refractivity contribution is 0.384. The molecule has 2 aromatic heterocycles. The number of aromatic nitrogens is 2. The Bertz CT molecular complexity index is 1140. The summed E-state index contributed by atoms with van der Waals surface area (Å²) in [5.41, 5.74) is 1.41. The van der Waals surface area contributed by atoms with Crippen LogP contribution in [-0.4, -0.2) is 48.9 Å². The highest BCUT2D eigenvalue weighted by Crippen LogP contribution is 2.40. The monoisotopic (exact) mass is 428 g/mol. The first kappa shape index (κ1) is 19.0. The molecule has 29 heavy (non-hydrogen) atoms. The van der Waals surface area contributed by atoms with Gasteiger partial charge >= 0.3 is 0 Å². The summed E-state index contributed by atoms with van der Waals surface area (Å²) in [5, 5.41) is 1.19. The van der Waals surface area contributed by atoms with E-state index >= 15 is 0 Å². The molecule has 0 N–H and O–H groups in total. The summed E-state index contributed by atoms with van der Waals surface area (Å²) in [5.74, 6) is 1.69. The van der Waals surface area contributed by atoms with Crippen molar-refractivity contribution in [1.29, 1.82) is 0 Å². The van der Waals surface area contributed by atoms with Crippen molar-refractivity contribution in [3.05, 3.63) is 47.1 Å². The van der Waals surface area contributed by atoms with Gasteiger partial charge in [-0.25, -0.2) is 18.4 Å². The molecule has 0 spiro atoms. The van der Waals surface area contributed by atoms with Gasteiger partial charge in [-0.3, -0.25) is 0 Å². The average Bonchev–Trinajstić information content (AvgIpc) is 3.12.